The molecule has 0 aliphatic carbocycles. The summed E-state index contributed by atoms with van der Waals surface area (Å²) in [5.74, 6) is -0.885. The highest BCUT2D eigenvalue weighted by Crippen LogP contribution is 2.15. The maximum absolute atomic E-state index is 11.9. The number of rotatable bonds is 5. The van der Waals surface area contributed by atoms with E-state index in [0.29, 0.717) is 6.54 Å². The van der Waals surface area contributed by atoms with Crippen LogP contribution in [-0.2, 0) is 21.2 Å². The van der Waals surface area contributed by atoms with E-state index in [9.17, 15) is 13.2 Å². The summed E-state index contributed by atoms with van der Waals surface area (Å²) < 4.78 is 24.3. The van der Waals surface area contributed by atoms with Crippen molar-refractivity contribution in [3.63, 3.8) is 0 Å². The highest BCUT2D eigenvalue weighted by molar-refractivity contribution is 7.91. The van der Waals surface area contributed by atoms with Crippen molar-refractivity contribution < 1.29 is 13.2 Å². The number of amides is 1. The molecule has 23 heavy (non-hydrogen) atoms. The van der Waals surface area contributed by atoms with Crippen LogP contribution in [0.1, 0.15) is 17.0 Å². The summed E-state index contributed by atoms with van der Waals surface area (Å²) in [6, 6.07) is 9.69. The molecular formula is C16H21N3O3S. The molecule has 6 nitrogen and oxygen atoms in total. The second-order valence-electron chi connectivity index (χ2n) is 5.83. The Labute approximate surface area is 136 Å². The van der Waals surface area contributed by atoms with E-state index in [0.717, 1.165) is 28.9 Å². The summed E-state index contributed by atoms with van der Waals surface area (Å²) in [5.41, 5.74) is 3.80. The SMILES string of the molecule is Cc1cc(C)n(-c2cccc(CN(C)C(=O)CS(C)(=O)=O)c2)n1. The van der Waals surface area contributed by atoms with E-state index in [-0.39, 0.29) is 0 Å². The van der Waals surface area contributed by atoms with Gasteiger partial charge in [-0.1, -0.05) is 12.1 Å². The van der Waals surface area contributed by atoms with E-state index in [1.165, 1.54) is 4.90 Å². The fourth-order valence-electron chi connectivity index (χ4n) is 2.37. The van der Waals surface area contributed by atoms with Crippen LogP contribution >= 0.6 is 0 Å². The van der Waals surface area contributed by atoms with Gasteiger partial charge in [-0.2, -0.15) is 5.10 Å². The highest BCUT2D eigenvalue weighted by Gasteiger charge is 2.16. The minimum atomic E-state index is -3.32. The van der Waals surface area contributed by atoms with Gasteiger partial charge in [0, 0.05) is 25.5 Å². The zero-order chi connectivity index (χ0) is 17.2. The van der Waals surface area contributed by atoms with Gasteiger partial charge in [0.2, 0.25) is 5.91 Å². The molecule has 1 aromatic heterocycles. The van der Waals surface area contributed by atoms with Gasteiger partial charge in [-0.05, 0) is 37.6 Å². The lowest BCUT2D eigenvalue weighted by molar-refractivity contribution is -0.127. The van der Waals surface area contributed by atoms with Gasteiger partial charge in [0.25, 0.3) is 0 Å². The van der Waals surface area contributed by atoms with Gasteiger partial charge >= 0.3 is 0 Å². The number of carbonyl (C=O) groups excluding carboxylic acids is 1. The molecule has 0 fully saturated rings. The van der Waals surface area contributed by atoms with Crippen LogP contribution in [0.2, 0.25) is 0 Å². The molecule has 0 N–H and O–H groups in total. The molecule has 0 aliphatic rings. The fraction of sp³-hybridized carbons (Fsp3) is 0.375. The van der Waals surface area contributed by atoms with Crippen molar-refractivity contribution in [2.75, 3.05) is 19.1 Å². The molecule has 0 saturated heterocycles. The summed E-state index contributed by atoms with van der Waals surface area (Å²) in [7, 11) is -1.72. The van der Waals surface area contributed by atoms with Crippen LogP contribution in [0.3, 0.4) is 0 Å². The third-order valence-corrected chi connectivity index (χ3v) is 4.17. The van der Waals surface area contributed by atoms with E-state index in [1.807, 2.05) is 48.9 Å². The Morgan fingerprint density at radius 1 is 1.26 bits per heavy atom. The molecule has 0 saturated carbocycles. The van der Waals surface area contributed by atoms with Gasteiger partial charge in [-0.3, -0.25) is 4.79 Å². The first-order chi connectivity index (χ1) is 10.7. The molecule has 1 amide bonds. The van der Waals surface area contributed by atoms with Gasteiger partial charge in [0.15, 0.2) is 9.84 Å². The Bertz CT molecular complexity index is 825. The van der Waals surface area contributed by atoms with Crippen LogP contribution in [-0.4, -0.2) is 48.1 Å². The second-order valence-corrected chi connectivity index (χ2v) is 7.97. The molecule has 1 heterocycles. The number of aryl methyl sites for hydroxylation is 2. The molecule has 124 valence electrons. The first-order valence-electron chi connectivity index (χ1n) is 7.20. The maximum atomic E-state index is 11.9. The number of hydrogen-bond donors (Lipinski definition) is 0. The first-order valence-corrected chi connectivity index (χ1v) is 9.26. The normalized spacial score (nSPS) is 11.5. The molecule has 0 radical (unpaired) electrons. The highest BCUT2D eigenvalue weighted by atomic mass is 32.2. The number of benzene rings is 1. The average Bonchev–Trinajstić information content (AvgIpc) is 2.76. The number of nitrogens with zero attached hydrogens (tertiary/aromatic N) is 3. The zero-order valence-corrected chi connectivity index (χ0v) is 14.6. The Morgan fingerprint density at radius 2 is 1.96 bits per heavy atom. The van der Waals surface area contributed by atoms with Crippen molar-refractivity contribution in [3.05, 3.63) is 47.3 Å². The number of aromatic nitrogens is 2. The molecule has 2 rings (SSSR count). The smallest absolute Gasteiger partial charge is 0.237 e. The zero-order valence-electron chi connectivity index (χ0n) is 13.8. The Kier molecular flexibility index (Phi) is 4.89. The predicted octanol–water partition coefficient (Wildman–Crippen LogP) is 1.49. The molecule has 0 aliphatic heterocycles. The van der Waals surface area contributed by atoms with E-state index < -0.39 is 21.5 Å². The number of hydrogen-bond acceptors (Lipinski definition) is 4. The van der Waals surface area contributed by atoms with Crippen molar-refractivity contribution in [1.29, 1.82) is 0 Å². The average molecular weight is 335 g/mol. The maximum Gasteiger partial charge on any atom is 0.237 e. The van der Waals surface area contributed by atoms with Gasteiger partial charge in [-0.15, -0.1) is 0 Å². The van der Waals surface area contributed by atoms with Crippen LogP contribution in [0.5, 0.6) is 0 Å². The fourth-order valence-corrected chi connectivity index (χ4v) is 3.04. The summed E-state index contributed by atoms with van der Waals surface area (Å²) in [5, 5.41) is 4.44. The van der Waals surface area contributed by atoms with Crippen molar-refractivity contribution in [2.45, 2.75) is 20.4 Å². The van der Waals surface area contributed by atoms with Gasteiger partial charge in [0.1, 0.15) is 5.75 Å². The Hall–Kier alpha value is -2.15. The second kappa shape index (κ2) is 6.54. The molecule has 0 unspecified atom stereocenters. The minimum absolute atomic E-state index is 0.349. The molecule has 1 aromatic carbocycles. The lowest BCUT2D eigenvalue weighted by atomic mass is 10.2. The topological polar surface area (TPSA) is 72.3 Å². The quantitative estimate of drug-likeness (QED) is 0.830. The molecule has 0 spiro atoms. The summed E-state index contributed by atoms with van der Waals surface area (Å²) in [6.07, 6.45) is 1.06. The van der Waals surface area contributed by atoms with Crippen molar-refractivity contribution in [2.24, 2.45) is 0 Å². The summed E-state index contributed by atoms with van der Waals surface area (Å²) in [6.45, 7) is 4.26. The Morgan fingerprint density at radius 3 is 2.52 bits per heavy atom. The van der Waals surface area contributed by atoms with E-state index >= 15 is 0 Å². The lowest BCUT2D eigenvalue weighted by Crippen LogP contribution is -2.31. The third-order valence-electron chi connectivity index (χ3n) is 3.40. The van der Waals surface area contributed by atoms with Gasteiger partial charge in [0.05, 0.1) is 11.4 Å². The summed E-state index contributed by atoms with van der Waals surface area (Å²) >= 11 is 0. The van der Waals surface area contributed by atoms with E-state index in [2.05, 4.69) is 5.10 Å². The minimum Gasteiger partial charge on any atom is -0.341 e. The monoisotopic (exact) mass is 335 g/mol. The van der Waals surface area contributed by atoms with Crippen LogP contribution in [0.15, 0.2) is 30.3 Å². The van der Waals surface area contributed by atoms with Crippen LogP contribution in [0, 0.1) is 13.8 Å². The van der Waals surface area contributed by atoms with Gasteiger partial charge in [-0.25, -0.2) is 13.1 Å². The van der Waals surface area contributed by atoms with Crippen LogP contribution in [0.4, 0.5) is 0 Å². The first kappa shape index (κ1) is 17.2. The molecular weight excluding hydrogens is 314 g/mol. The molecule has 0 bridgehead atoms. The largest absolute Gasteiger partial charge is 0.341 e. The standard InChI is InChI=1S/C16H21N3O3S/c1-12-8-13(2)19(17-12)15-7-5-6-14(9-15)10-18(3)16(20)11-23(4,21)22/h5-9H,10-11H2,1-4H3. The summed E-state index contributed by atoms with van der Waals surface area (Å²) in [4.78, 5) is 13.3. The Balaban J connectivity index is 2.17. The van der Waals surface area contributed by atoms with Crippen molar-refractivity contribution >= 4 is 15.7 Å². The van der Waals surface area contributed by atoms with Gasteiger partial charge < -0.3 is 4.90 Å². The van der Waals surface area contributed by atoms with Crippen LogP contribution < -0.4 is 0 Å². The predicted molar refractivity (Wildman–Crippen MR) is 89.2 cm³/mol. The van der Waals surface area contributed by atoms with E-state index in [1.54, 1.807) is 7.05 Å². The van der Waals surface area contributed by atoms with E-state index in [4.69, 9.17) is 0 Å². The third kappa shape index (κ3) is 4.66. The van der Waals surface area contributed by atoms with Crippen molar-refractivity contribution in [1.82, 2.24) is 14.7 Å². The molecule has 0 atom stereocenters. The molecule has 7 heteroatoms. The molecule has 2 aromatic rings. The number of sulfone groups is 1. The van der Waals surface area contributed by atoms with Crippen molar-refractivity contribution in [3.8, 4) is 5.69 Å². The van der Waals surface area contributed by atoms with Crippen LogP contribution in [0.25, 0.3) is 5.69 Å². The lowest BCUT2D eigenvalue weighted by Gasteiger charge is -2.17. The number of carbonyl (C=O) groups is 1.